The molecule has 1 aliphatic heterocycles. The maximum Gasteiger partial charge on any atom is 0.249 e. The van der Waals surface area contributed by atoms with Gasteiger partial charge in [-0.3, -0.25) is 4.79 Å². The van der Waals surface area contributed by atoms with E-state index < -0.39 is 61.5 Å². The average Bonchev–Trinajstić information content (AvgIpc) is 3.11. The van der Waals surface area contributed by atoms with Gasteiger partial charge in [0.25, 0.3) is 0 Å². The van der Waals surface area contributed by atoms with Crippen LogP contribution in [0.5, 0.6) is 0 Å². The number of unbranched alkanes of at least 4 members (excludes halogenated alkanes) is 16. The van der Waals surface area contributed by atoms with Crippen LogP contribution in [0.25, 0.3) is 0 Å². The minimum absolute atomic E-state index is 0.302. The van der Waals surface area contributed by atoms with E-state index in [1.54, 1.807) is 6.08 Å². The minimum Gasteiger partial charge on any atom is -0.394 e. The maximum absolute atomic E-state index is 12.9. The zero-order valence-corrected chi connectivity index (χ0v) is 31.3. The molecular formula is C40H73NO9. The number of ether oxygens (including phenoxy) is 2. The molecule has 0 aromatic carbocycles. The Labute approximate surface area is 303 Å². The number of aliphatic hydroxyl groups is 6. The van der Waals surface area contributed by atoms with Crippen LogP contribution in [0.4, 0.5) is 0 Å². The van der Waals surface area contributed by atoms with Crippen molar-refractivity contribution in [3.05, 3.63) is 36.5 Å². The van der Waals surface area contributed by atoms with Gasteiger partial charge in [-0.25, -0.2) is 0 Å². The molecule has 0 aromatic rings. The number of allylic oxidation sites excluding steroid dienone is 5. The second-order valence-corrected chi connectivity index (χ2v) is 13.9. The standard InChI is InChI=1S/C40H73NO9/c1-3-5-7-9-11-13-15-17-19-20-22-24-26-28-33(43)32(31-49-40-38(47)37(46)36(45)35(30-42)50-40)41-39(48)34(44)29-27-25-23-21-18-16-14-12-10-8-6-4-2/h11,13,19-20,26,28,32-38,40,42-47H,3-10,12,14-18,21-25,27,29-31H2,1-2H3,(H,41,48)/b13-11+,20-19+,28-26+. The highest BCUT2D eigenvalue weighted by atomic mass is 16.7. The van der Waals surface area contributed by atoms with Crippen LogP contribution in [0.2, 0.25) is 0 Å². The van der Waals surface area contributed by atoms with E-state index in [-0.39, 0.29) is 6.61 Å². The summed E-state index contributed by atoms with van der Waals surface area (Å²) in [6.45, 7) is 3.51. The first kappa shape index (κ1) is 46.4. The van der Waals surface area contributed by atoms with Crippen LogP contribution in [0.1, 0.15) is 149 Å². The van der Waals surface area contributed by atoms with E-state index in [9.17, 15) is 35.4 Å². The number of nitrogens with one attached hydrogen (secondary N) is 1. The predicted molar refractivity (Wildman–Crippen MR) is 199 cm³/mol. The first-order valence-electron chi connectivity index (χ1n) is 19.8. The van der Waals surface area contributed by atoms with Crippen molar-refractivity contribution >= 4 is 5.91 Å². The van der Waals surface area contributed by atoms with Gasteiger partial charge >= 0.3 is 0 Å². The van der Waals surface area contributed by atoms with Crippen LogP contribution < -0.4 is 5.32 Å². The topological polar surface area (TPSA) is 169 Å². The van der Waals surface area contributed by atoms with Crippen molar-refractivity contribution in [2.45, 2.75) is 198 Å². The Morgan fingerprint density at radius 3 is 1.74 bits per heavy atom. The van der Waals surface area contributed by atoms with Gasteiger partial charge in [-0.15, -0.1) is 0 Å². The third kappa shape index (κ3) is 21.7. The summed E-state index contributed by atoms with van der Waals surface area (Å²) in [5.74, 6) is -0.634. The Balaban J connectivity index is 2.56. The second kappa shape index (κ2) is 30.9. The zero-order chi connectivity index (χ0) is 36.8. The zero-order valence-electron chi connectivity index (χ0n) is 31.3. The van der Waals surface area contributed by atoms with Crippen molar-refractivity contribution in [2.75, 3.05) is 13.2 Å². The van der Waals surface area contributed by atoms with Gasteiger partial charge in [0.05, 0.1) is 25.4 Å². The molecule has 1 aliphatic rings. The number of hydrogen-bond acceptors (Lipinski definition) is 9. The number of hydrogen-bond donors (Lipinski definition) is 7. The van der Waals surface area contributed by atoms with Crippen molar-refractivity contribution in [3.63, 3.8) is 0 Å². The van der Waals surface area contributed by atoms with Crippen LogP contribution >= 0.6 is 0 Å². The molecule has 0 aromatic heterocycles. The lowest BCUT2D eigenvalue weighted by Gasteiger charge is -2.40. The maximum atomic E-state index is 12.9. The van der Waals surface area contributed by atoms with Crippen LogP contribution in [-0.2, 0) is 14.3 Å². The first-order chi connectivity index (χ1) is 24.3. The first-order valence-corrected chi connectivity index (χ1v) is 19.8. The number of carbonyl (C=O) groups is 1. The van der Waals surface area contributed by atoms with Gasteiger partial charge < -0.3 is 45.4 Å². The fourth-order valence-electron chi connectivity index (χ4n) is 5.96. The Kier molecular flexibility index (Phi) is 28.7. The van der Waals surface area contributed by atoms with Crippen LogP contribution in [-0.4, -0.2) is 98.7 Å². The third-order valence-electron chi connectivity index (χ3n) is 9.30. The molecular weight excluding hydrogens is 638 g/mol. The molecule has 8 unspecified atom stereocenters. The minimum atomic E-state index is -1.61. The van der Waals surface area contributed by atoms with Gasteiger partial charge in [0.1, 0.15) is 30.5 Å². The summed E-state index contributed by atoms with van der Waals surface area (Å²) in [6.07, 6.45) is 25.2. The largest absolute Gasteiger partial charge is 0.394 e. The molecule has 1 fully saturated rings. The van der Waals surface area contributed by atoms with E-state index in [2.05, 4.69) is 43.5 Å². The number of amides is 1. The summed E-state index contributed by atoms with van der Waals surface area (Å²) in [4.78, 5) is 12.9. The molecule has 8 atom stereocenters. The van der Waals surface area contributed by atoms with Crippen molar-refractivity contribution < 1.29 is 44.9 Å². The van der Waals surface area contributed by atoms with E-state index in [4.69, 9.17) is 9.47 Å². The molecule has 10 nitrogen and oxygen atoms in total. The van der Waals surface area contributed by atoms with Gasteiger partial charge in [-0.2, -0.15) is 0 Å². The number of aliphatic hydroxyl groups excluding tert-OH is 6. The van der Waals surface area contributed by atoms with Crippen LogP contribution in [0, 0.1) is 0 Å². The Morgan fingerprint density at radius 2 is 1.18 bits per heavy atom. The second-order valence-electron chi connectivity index (χ2n) is 13.9. The lowest BCUT2D eigenvalue weighted by molar-refractivity contribution is -0.302. The van der Waals surface area contributed by atoms with E-state index in [0.29, 0.717) is 19.3 Å². The summed E-state index contributed by atoms with van der Waals surface area (Å²) in [7, 11) is 0. The molecule has 0 saturated carbocycles. The number of rotatable bonds is 31. The van der Waals surface area contributed by atoms with E-state index >= 15 is 0 Å². The van der Waals surface area contributed by atoms with Gasteiger partial charge in [0.15, 0.2) is 6.29 Å². The third-order valence-corrected chi connectivity index (χ3v) is 9.30. The summed E-state index contributed by atoms with van der Waals surface area (Å²) in [5, 5.41) is 64.3. The molecule has 10 heteroatoms. The fraction of sp³-hybridized carbons (Fsp3) is 0.825. The Hall–Kier alpha value is -1.63. The molecule has 0 aliphatic carbocycles. The normalized spacial score (nSPS) is 23.2. The van der Waals surface area contributed by atoms with Gasteiger partial charge in [0, 0.05) is 0 Å². The lowest BCUT2D eigenvalue weighted by atomic mass is 9.99. The Bertz CT molecular complexity index is 896. The molecule has 1 heterocycles. The van der Waals surface area contributed by atoms with Crippen molar-refractivity contribution in [2.24, 2.45) is 0 Å². The molecule has 292 valence electrons. The summed E-state index contributed by atoms with van der Waals surface area (Å²) in [6, 6.07) is -0.998. The SMILES string of the molecule is CCCCC/C=C/CC/C=C/CC/C=C/C(O)C(COC1OC(CO)C(O)C(O)C1O)NC(=O)C(O)CCCCCCCCCCCCCC. The lowest BCUT2D eigenvalue weighted by Crippen LogP contribution is -2.60. The average molecular weight is 712 g/mol. The van der Waals surface area contributed by atoms with Crippen LogP contribution in [0.3, 0.4) is 0 Å². The van der Waals surface area contributed by atoms with Gasteiger partial charge in [-0.1, -0.05) is 140 Å². The molecule has 0 spiro atoms. The van der Waals surface area contributed by atoms with Crippen LogP contribution in [0.15, 0.2) is 36.5 Å². The summed E-state index contributed by atoms with van der Waals surface area (Å²) >= 11 is 0. The monoisotopic (exact) mass is 712 g/mol. The summed E-state index contributed by atoms with van der Waals surface area (Å²) in [5.41, 5.74) is 0. The highest BCUT2D eigenvalue weighted by Crippen LogP contribution is 2.22. The fourth-order valence-corrected chi connectivity index (χ4v) is 5.96. The van der Waals surface area contributed by atoms with E-state index in [1.165, 1.54) is 70.6 Å². The highest BCUT2D eigenvalue weighted by molar-refractivity contribution is 5.80. The van der Waals surface area contributed by atoms with E-state index in [0.717, 1.165) is 44.9 Å². The summed E-state index contributed by atoms with van der Waals surface area (Å²) < 4.78 is 11.1. The molecule has 0 bridgehead atoms. The Morgan fingerprint density at radius 1 is 0.680 bits per heavy atom. The highest BCUT2D eigenvalue weighted by Gasteiger charge is 2.44. The molecule has 50 heavy (non-hydrogen) atoms. The van der Waals surface area contributed by atoms with Crippen molar-refractivity contribution in [1.29, 1.82) is 0 Å². The smallest absolute Gasteiger partial charge is 0.249 e. The van der Waals surface area contributed by atoms with Crippen molar-refractivity contribution in [3.8, 4) is 0 Å². The van der Waals surface area contributed by atoms with Crippen molar-refractivity contribution in [1.82, 2.24) is 5.32 Å². The quantitative estimate of drug-likeness (QED) is 0.0342. The predicted octanol–water partition coefficient (Wildman–Crippen LogP) is 5.91. The van der Waals surface area contributed by atoms with Gasteiger partial charge in [0.2, 0.25) is 5.91 Å². The molecule has 0 radical (unpaired) electrons. The molecule has 7 N–H and O–H groups in total. The van der Waals surface area contributed by atoms with E-state index in [1.807, 2.05) is 6.08 Å². The molecule has 1 amide bonds. The number of carbonyl (C=O) groups excluding carboxylic acids is 1. The van der Waals surface area contributed by atoms with Gasteiger partial charge in [-0.05, 0) is 44.9 Å². The molecule has 1 saturated heterocycles. The molecule has 1 rings (SSSR count).